The summed E-state index contributed by atoms with van der Waals surface area (Å²) in [6, 6.07) is 2.45. The fourth-order valence-electron chi connectivity index (χ4n) is 1.59. The molecule has 0 unspecified atom stereocenters. The second-order valence-corrected chi connectivity index (χ2v) is 4.84. The standard InChI is InChI=1S/C14H20F2N2O/c1-9(2)17-6-4-5-14(19)18-13-8-11(15)10(3)7-12(13)16/h7-9,17H,4-6H2,1-3H3,(H,18,19). The smallest absolute Gasteiger partial charge is 0.224 e. The van der Waals surface area contributed by atoms with Crippen LogP contribution in [0.4, 0.5) is 14.5 Å². The highest BCUT2D eigenvalue weighted by molar-refractivity contribution is 5.90. The first-order valence-corrected chi connectivity index (χ1v) is 6.39. The van der Waals surface area contributed by atoms with Gasteiger partial charge in [0, 0.05) is 18.5 Å². The number of aryl methyl sites for hydroxylation is 1. The topological polar surface area (TPSA) is 41.1 Å². The second-order valence-electron chi connectivity index (χ2n) is 4.84. The van der Waals surface area contributed by atoms with Crippen molar-refractivity contribution in [3.8, 4) is 0 Å². The van der Waals surface area contributed by atoms with Gasteiger partial charge in [0.1, 0.15) is 11.6 Å². The van der Waals surface area contributed by atoms with Gasteiger partial charge in [-0.1, -0.05) is 13.8 Å². The molecule has 106 valence electrons. The highest BCUT2D eigenvalue weighted by Gasteiger charge is 2.10. The number of rotatable bonds is 6. The van der Waals surface area contributed by atoms with Crippen LogP contribution < -0.4 is 10.6 Å². The fourth-order valence-corrected chi connectivity index (χ4v) is 1.59. The van der Waals surface area contributed by atoms with Gasteiger partial charge in [0.15, 0.2) is 0 Å². The number of carbonyl (C=O) groups is 1. The molecule has 1 rings (SSSR count). The van der Waals surface area contributed by atoms with E-state index in [1.807, 2.05) is 13.8 Å². The fraction of sp³-hybridized carbons (Fsp3) is 0.500. The van der Waals surface area contributed by atoms with Crippen molar-refractivity contribution >= 4 is 11.6 Å². The van der Waals surface area contributed by atoms with Crippen LogP contribution in [0.1, 0.15) is 32.3 Å². The van der Waals surface area contributed by atoms with Gasteiger partial charge in [-0.15, -0.1) is 0 Å². The van der Waals surface area contributed by atoms with Crippen LogP contribution in [0.2, 0.25) is 0 Å². The van der Waals surface area contributed by atoms with Crippen LogP contribution in [0.5, 0.6) is 0 Å². The Balaban J connectivity index is 2.46. The molecule has 0 fully saturated rings. The summed E-state index contributed by atoms with van der Waals surface area (Å²) in [7, 11) is 0. The number of nitrogens with one attached hydrogen (secondary N) is 2. The first-order chi connectivity index (χ1) is 8.90. The number of hydrogen-bond acceptors (Lipinski definition) is 2. The zero-order valence-electron chi connectivity index (χ0n) is 11.5. The van der Waals surface area contributed by atoms with Gasteiger partial charge >= 0.3 is 0 Å². The molecule has 3 nitrogen and oxygen atoms in total. The Morgan fingerprint density at radius 1 is 1.26 bits per heavy atom. The lowest BCUT2D eigenvalue weighted by Gasteiger charge is -2.09. The molecule has 1 aromatic carbocycles. The van der Waals surface area contributed by atoms with Gasteiger partial charge in [-0.25, -0.2) is 8.78 Å². The summed E-state index contributed by atoms with van der Waals surface area (Å²) >= 11 is 0. The van der Waals surface area contributed by atoms with Crippen molar-refractivity contribution in [1.29, 1.82) is 0 Å². The van der Waals surface area contributed by atoms with Crippen LogP contribution in [0.3, 0.4) is 0 Å². The molecule has 0 atom stereocenters. The summed E-state index contributed by atoms with van der Waals surface area (Å²) in [5, 5.41) is 5.56. The van der Waals surface area contributed by atoms with Crippen LogP contribution in [-0.2, 0) is 4.79 Å². The Labute approximate surface area is 112 Å². The molecule has 19 heavy (non-hydrogen) atoms. The number of anilines is 1. The van der Waals surface area contributed by atoms with Crippen molar-refractivity contribution in [1.82, 2.24) is 5.32 Å². The monoisotopic (exact) mass is 270 g/mol. The number of benzene rings is 1. The van der Waals surface area contributed by atoms with E-state index in [9.17, 15) is 13.6 Å². The molecule has 5 heteroatoms. The van der Waals surface area contributed by atoms with Gasteiger partial charge < -0.3 is 10.6 Å². The molecular weight excluding hydrogens is 250 g/mol. The largest absolute Gasteiger partial charge is 0.324 e. The van der Waals surface area contributed by atoms with Gasteiger partial charge in [-0.2, -0.15) is 0 Å². The quantitative estimate of drug-likeness (QED) is 0.780. The zero-order chi connectivity index (χ0) is 14.4. The predicted octanol–water partition coefficient (Wildman–Crippen LogP) is 2.99. The van der Waals surface area contributed by atoms with Crippen LogP contribution >= 0.6 is 0 Å². The SMILES string of the molecule is Cc1cc(F)c(NC(=O)CCCNC(C)C)cc1F. The van der Waals surface area contributed by atoms with E-state index in [1.54, 1.807) is 0 Å². The number of carbonyl (C=O) groups excluding carboxylic acids is 1. The van der Waals surface area contributed by atoms with Gasteiger partial charge in [0.25, 0.3) is 0 Å². The Bertz CT molecular complexity index is 447. The average molecular weight is 270 g/mol. The van der Waals surface area contributed by atoms with E-state index >= 15 is 0 Å². The first-order valence-electron chi connectivity index (χ1n) is 6.39. The molecule has 0 bridgehead atoms. The van der Waals surface area contributed by atoms with Crippen molar-refractivity contribution in [2.45, 2.75) is 39.7 Å². The maximum absolute atomic E-state index is 13.5. The highest BCUT2D eigenvalue weighted by Crippen LogP contribution is 2.19. The lowest BCUT2D eigenvalue weighted by atomic mass is 10.2. The Hall–Kier alpha value is -1.49. The minimum absolute atomic E-state index is 0.107. The molecule has 0 radical (unpaired) electrons. The molecule has 0 saturated carbocycles. The Morgan fingerprint density at radius 3 is 2.58 bits per heavy atom. The Morgan fingerprint density at radius 2 is 1.95 bits per heavy atom. The molecule has 0 aliphatic rings. The first kappa shape index (κ1) is 15.6. The third-order valence-electron chi connectivity index (χ3n) is 2.66. The lowest BCUT2D eigenvalue weighted by Crippen LogP contribution is -2.24. The van der Waals surface area contributed by atoms with E-state index in [0.29, 0.717) is 12.5 Å². The van der Waals surface area contributed by atoms with Crippen molar-refractivity contribution in [2.24, 2.45) is 0 Å². The van der Waals surface area contributed by atoms with Crippen LogP contribution in [0.25, 0.3) is 0 Å². The van der Waals surface area contributed by atoms with E-state index < -0.39 is 11.6 Å². The van der Waals surface area contributed by atoms with E-state index in [2.05, 4.69) is 10.6 Å². The summed E-state index contributed by atoms with van der Waals surface area (Å²) in [5.74, 6) is -1.46. The minimum Gasteiger partial charge on any atom is -0.324 e. The van der Waals surface area contributed by atoms with E-state index in [1.165, 1.54) is 6.92 Å². The van der Waals surface area contributed by atoms with Gasteiger partial charge in [0.05, 0.1) is 5.69 Å². The molecule has 0 saturated heterocycles. The normalized spacial score (nSPS) is 10.8. The maximum Gasteiger partial charge on any atom is 0.224 e. The molecule has 0 heterocycles. The molecule has 1 amide bonds. The average Bonchev–Trinajstić information content (AvgIpc) is 2.31. The third kappa shape index (κ3) is 5.34. The third-order valence-corrected chi connectivity index (χ3v) is 2.66. The summed E-state index contributed by atoms with van der Waals surface area (Å²) in [6.07, 6.45) is 0.925. The molecular formula is C14H20F2N2O. The molecule has 1 aromatic rings. The van der Waals surface area contributed by atoms with Crippen LogP contribution in [-0.4, -0.2) is 18.5 Å². The van der Waals surface area contributed by atoms with Gasteiger partial charge in [-0.05, 0) is 31.5 Å². The van der Waals surface area contributed by atoms with Crippen molar-refractivity contribution < 1.29 is 13.6 Å². The molecule has 0 aliphatic heterocycles. The number of hydrogen-bond donors (Lipinski definition) is 2. The minimum atomic E-state index is -0.618. The van der Waals surface area contributed by atoms with Crippen molar-refractivity contribution in [2.75, 3.05) is 11.9 Å². The predicted molar refractivity (Wildman–Crippen MR) is 72.1 cm³/mol. The number of halogens is 2. The van der Waals surface area contributed by atoms with Gasteiger partial charge in [0.2, 0.25) is 5.91 Å². The lowest BCUT2D eigenvalue weighted by molar-refractivity contribution is -0.116. The van der Waals surface area contributed by atoms with Crippen LogP contribution in [0.15, 0.2) is 12.1 Å². The van der Waals surface area contributed by atoms with E-state index in [0.717, 1.165) is 18.7 Å². The zero-order valence-corrected chi connectivity index (χ0v) is 11.5. The summed E-state index contributed by atoms with van der Waals surface area (Å²) < 4.78 is 26.8. The van der Waals surface area contributed by atoms with Crippen molar-refractivity contribution in [3.63, 3.8) is 0 Å². The summed E-state index contributed by atoms with van der Waals surface area (Å²) in [6.45, 7) is 6.23. The maximum atomic E-state index is 13.5. The van der Waals surface area contributed by atoms with E-state index in [4.69, 9.17) is 0 Å². The summed E-state index contributed by atoms with van der Waals surface area (Å²) in [5.41, 5.74) is 0.113. The van der Waals surface area contributed by atoms with Crippen LogP contribution in [0, 0.1) is 18.6 Å². The highest BCUT2D eigenvalue weighted by atomic mass is 19.1. The van der Waals surface area contributed by atoms with Gasteiger partial charge in [-0.3, -0.25) is 4.79 Å². The molecule has 0 spiro atoms. The number of amides is 1. The Kier molecular flexibility index (Phi) is 5.89. The molecule has 0 aromatic heterocycles. The summed E-state index contributed by atoms with van der Waals surface area (Å²) in [4.78, 5) is 11.6. The second kappa shape index (κ2) is 7.19. The van der Waals surface area contributed by atoms with E-state index in [-0.39, 0.29) is 23.6 Å². The van der Waals surface area contributed by atoms with Crippen molar-refractivity contribution in [3.05, 3.63) is 29.3 Å². The molecule has 0 aliphatic carbocycles. The molecule has 2 N–H and O–H groups in total.